The number of carbonyl (C=O) groups excluding carboxylic acids is 1. The Labute approximate surface area is 129 Å². The predicted molar refractivity (Wildman–Crippen MR) is 83.9 cm³/mol. The minimum atomic E-state index is 0.0404. The van der Waals surface area contributed by atoms with E-state index in [1.807, 2.05) is 36.4 Å². The van der Waals surface area contributed by atoms with Crippen molar-refractivity contribution in [2.75, 3.05) is 6.61 Å². The summed E-state index contributed by atoms with van der Waals surface area (Å²) in [6, 6.07) is 13.5. The van der Waals surface area contributed by atoms with Gasteiger partial charge >= 0.3 is 0 Å². The van der Waals surface area contributed by atoms with Crippen LogP contribution in [0.3, 0.4) is 0 Å². The van der Waals surface area contributed by atoms with Crippen LogP contribution < -0.4 is 0 Å². The van der Waals surface area contributed by atoms with E-state index < -0.39 is 0 Å². The highest BCUT2D eigenvalue weighted by Gasteiger charge is 2.13. The molecule has 3 heteroatoms. The average molecular weight is 301 g/mol. The number of ketones is 1. The summed E-state index contributed by atoms with van der Waals surface area (Å²) in [6.07, 6.45) is 3.42. The van der Waals surface area contributed by atoms with Crippen molar-refractivity contribution in [2.24, 2.45) is 0 Å². The van der Waals surface area contributed by atoms with Gasteiger partial charge in [-0.05, 0) is 54.2 Å². The van der Waals surface area contributed by atoms with Crippen molar-refractivity contribution < 1.29 is 9.53 Å². The van der Waals surface area contributed by atoms with E-state index in [1.54, 1.807) is 0 Å². The summed E-state index contributed by atoms with van der Waals surface area (Å²) in [7, 11) is 0. The molecule has 0 radical (unpaired) electrons. The monoisotopic (exact) mass is 300 g/mol. The molecule has 0 heterocycles. The van der Waals surface area contributed by atoms with E-state index >= 15 is 0 Å². The molecule has 3 rings (SSSR count). The standard InChI is InChI=1S/C18H17ClO2/c19-17-8-4-13(5-9-17)11-21-12-18(20)16-7-6-14-2-1-3-15(14)10-16/h4-10H,1-3,11-12H2. The van der Waals surface area contributed by atoms with Crippen LogP contribution in [-0.4, -0.2) is 12.4 Å². The minimum Gasteiger partial charge on any atom is -0.369 e. The van der Waals surface area contributed by atoms with E-state index in [-0.39, 0.29) is 12.4 Å². The van der Waals surface area contributed by atoms with Crippen LogP contribution in [0.1, 0.15) is 33.5 Å². The third-order valence-electron chi connectivity index (χ3n) is 3.84. The Kier molecular flexibility index (Phi) is 4.37. The van der Waals surface area contributed by atoms with Gasteiger partial charge in [0, 0.05) is 10.6 Å². The van der Waals surface area contributed by atoms with Gasteiger partial charge in [-0.25, -0.2) is 0 Å². The first-order chi connectivity index (χ1) is 10.2. The number of benzene rings is 2. The number of hydrogen-bond acceptors (Lipinski definition) is 2. The Morgan fingerprint density at radius 2 is 1.81 bits per heavy atom. The first-order valence-corrected chi connectivity index (χ1v) is 7.57. The van der Waals surface area contributed by atoms with Crippen molar-refractivity contribution in [1.29, 1.82) is 0 Å². The van der Waals surface area contributed by atoms with E-state index in [0.29, 0.717) is 11.6 Å². The lowest BCUT2D eigenvalue weighted by Crippen LogP contribution is -2.09. The van der Waals surface area contributed by atoms with Crippen LogP contribution in [0.25, 0.3) is 0 Å². The Morgan fingerprint density at radius 1 is 1.05 bits per heavy atom. The topological polar surface area (TPSA) is 26.3 Å². The molecule has 0 amide bonds. The summed E-state index contributed by atoms with van der Waals surface area (Å²) < 4.78 is 5.50. The maximum absolute atomic E-state index is 12.1. The van der Waals surface area contributed by atoms with Crippen LogP contribution in [0.2, 0.25) is 5.02 Å². The first kappa shape index (κ1) is 14.3. The van der Waals surface area contributed by atoms with Crippen LogP contribution >= 0.6 is 11.6 Å². The Hall–Kier alpha value is -1.64. The van der Waals surface area contributed by atoms with Crippen molar-refractivity contribution in [2.45, 2.75) is 25.9 Å². The normalized spacial score (nSPS) is 13.2. The van der Waals surface area contributed by atoms with Gasteiger partial charge in [-0.1, -0.05) is 35.9 Å². The van der Waals surface area contributed by atoms with Crippen molar-refractivity contribution >= 4 is 17.4 Å². The minimum absolute atomic E-state index is 0.0404. The zero-order chi connectivity index (χ0) is 14.7. The fourth-order valence-electron chi connectivity index (χ4n) is 2.67. The van der Waals surface area contributed by atoms with Gasteiger partial charge in [0.05, 0.1) is 6.61 Å². The molecular weight excluding hydrogens is 284 g/mol. The highest BCUT2D eigenvalue weighted by atomic mass is 35.5. The fourth-order valence-corrected chi connectivity index (χ4v) is 2.80. The van der Waals surface area contributed by atoms with Crippen LogP contribution in [0.4, 0.5) is 0 Å². The van der Waals surface area contributed by atoms with Crippen molar-refractivity contribution in [3.8, 4) is 0 Å². The highest BCUT2D eigenvalue weighted by molar-refractivity contribution is 6.30. The summed E-state index contributed by atoms with van der Waals surface area (Å²) in [5, 5.41) is 0.702. The summed E-state index contributed by atoms with van der Waals surface area (Å²) >= 11 is 5.83. The van der Waals surface area contributed by atoms with Gasteiger partial charge in [-0.3, -0.25) is 4.79 Å². The third-order valence-corrected chi connectivity index (χ3v) is 4.09. The lowest BCUT2D eigenvalue weighted by Gasteiger charge is -2.06. The van der Waals surface area contributed by atoms with Crippen LogP contribution in [0.5, 0.6) is 0 Å². The number of aryl methyl sites for hydroxylation is 2. The van der Waals surface area contributed by atoms with Crippen LogP contribution in [0, 0.1) is 0 Å². The molecule has 1 aliphatic rings. The number of Topliss-reactive ketones (excluding diaryl/α,β-unsaturated/α-hetero) is 1. The maximum Gasteiger partial charge on any atom is 0.188 e. The third kappa shape index (κ3) is 3.52. The molecule has 2 aromatic rings. The molecule has 0 unspecified atom stereocenters. The van der Waals surface area contributed by atoms with E-state index in [9.17, 15) is 4.79 Å². The molecule has 2 nitrogen and oxygen atoms in total. The molecule has 0 bridgehead atoms. The molecular formula is C18H17ClO2. The Bertz CT molecular complexity index is 647. The van der Waals surface area contributed by atoms with Crippen molar-refractivity contribution in [3.63, 3.8) is 0 Å². The van der Waals surface area contributed by atoms with E-state index in [4.69, 9.17) is 16.3 Å². The quantitative estimate of drug-likeness (QED) is 0.773. The molecule has 0 aliphatic heterocycles. The highest BCUT2D eigenvalue weighted by Crippen LogP contribution is 2.23. The summed E-state index contributed by atoms with van der Waals surface area (Å²) in [4.78, 5) is 12.1. The number of carbonyl (C=O) groups is 1. The first-order valence-electron chi connectivity index (χ1n) is 7.19. The molecule has 21 heavy (non-hydrogen) atoms. The van der Waals surface area contributed by atoms with Gasteiger partial charge in [-0.2, -0.15) is 0 Å². The summed E-state index contributed by atoms with van der Waals surface area (Å²) in [5.41, 5.74) is 4.47. The number of hydrogen-bond donors (Lipinski definition) is 0. The van der Waals surface area contributed by atoms with Gasteiger partial charge in [0.2, 0.25) is 0 Å². The number of ether oxygens (including phenoxy) is 1. The van der Waals surface area contributed by atoms with E-state index in [0.717, 1.165) is 24.0 Å². The molecule has 108 valence electrons. The second-order valence-corrected chi connectivity index (χ2v) is 5.82. The fraction of sp³-hybridized carbons (Fsp3) is 0.278. The zero-order valence-electron chi connectivity index (χ0n) is 11.8. The molecule has 0 saturated heterocycles. The SMILES string of the molecule is O=C(COCc1ccc(Cl)cc1)c1ccc2c(c1)CCC2. The number of fused-ring (bicyclic) bond motifs is 1. The lowest BCUT2D eigenvalue weighted by molar-refractivity contribution is 0.0726. The molecule has 2 aromatic carbocycles. The van der Waals surface area contributed by atoms with E-state index in [2.05, 4.69) is 6.07 Å². The summed E-state index contributed by atoms with van der Waals surface area (Å²) in [5.74, 6) is 0.0404. The lowest BCUT2D eigenvalue weighted by atomic mass is 10.0. The molecule has 0 atom stereocenters. The van der Waals surface area contributed by atoms with Gasteiger partial charge in [-0.15, -0.1) is 0 Å². The zero-order valence-corrected chi connectivity index (χ0v) is 12.5. The largest absolute Gasteiger partial charge is 0.369 e. The van der Waals surface area contributed by atoms with Crippen LogP contribution in [0.15, 0.2) is 42.5 Å². The number of rotatable bonds is 5. The van der Waals surface area contributed by atoms with Crippen molar-refractivity contribution in [1.82, 2.24) is 0 Å². The molecule has 1 aliphatic carbocycles. The van der Waals surface area contributed by atoms with Crippen molar-refractivity contribution in [3.05, 3.63) is 69.7 Å². The maximum atomic E-state index is 12.1. The predicted octanol–water partition coefficient (Wildman–Crippen LogP) is 4.23. The molecule has 0 aromatic heterocycles. The number of halogens is 1. The van der Waals surface area contributed by atoms with Gasteiger partial charge in [0.25, 0.3) is 0 Å². The molecule has 0 fully saturated rings. The molecule has 0 N–H and O–H groups in total. The molecule has 0 saturated carbocycles. The molecule has 0 spiro atoms. The Morgan fingerprint density at radius 3 is 2.62 bits per heavy atom. The average Bonchev–Trinajstić information content (AvgIpc) is 2.96. The van der Waals surface area contributed by atoms with Gasteiger partial charge < -0.3 is 4.74 Å². The van der Waals surface area contributed by atoms with Crippen LogP contribution in [-0.2, 0) is 24.2 Å². The van der Waals surface area contributed by atoms with E-state index in [1.165, 1.54) is 17.5 Å². The second-order valence-electron chi connectivity index (χ2n) is 5.38. The Balaban J connectivity index is 1.55. The van der Waals surface area contributed by atoms with Gasteiger partial charge in [0.1, 0.15) is 6.61 Å². The van der Waals surface area contributed by atoms with Gasteiger partial charge in [0.15, 0.2) is 5.78 Å². The summed E-state index contributed by atoms with van der Waals surface area (Å²) in [6.45, 7) is 0.537. The smallest absolute Gasteiger partial charge is 0.188 e. The second kappa shape index (κ2) is 6.42.